The number of hydrogen-bond acceptors (Lipinski definition) is 4. The number of likely N-dealkylation sites (tertiary alicyclic amines) is 1. The fraction of sp³-hybridized carbons (Fsp3) is 0.345. The Kier molecular flexibility index (Phi) is 9.41. The summed E-state index contributed by atoms with van der Waals surface area (Å²) in [6, 6.07) is 26.9. The third kappa shape index (κ3) is 5.87. The topological polar surface area (TPSA) is 55.6 Å². The van der Waals surface area contributed by atoms with Gasteiger partial charge in [0.05, 0.1) is 19.3 Å². The molecule has 1 aliphatic heterocycles. The highest BCUT2D eigenvalue weighted by Gasteiger charge is 2.51. The van der Waals surface area contributed by atoms with Crippen molar-refractivity contribution < 1.29 is 13.6 Å². The van der Waals surface area contributed by atoms with Crippen LogP contribution in [0, 0.1) is 5.82 Å². The second-order valence-electron chi connectivity index (χ2n) is 10.4. The van der Waals surface area contributed by atoms with Crippen molar-refractivity contribution in [3.63, 3.8) is 0 Å². The molecule has 1 fully saturated rings. The number of rotatable bonds is 8. The summed E-state index contributed by atoms with van der Waals surface area (Å²) in [5.74, 6) is -0.409. The molecule has 3 aromatic carbocycles. The van der Waals surface area contributed by atoms with Crippen LogP contribution in [0.3, 0.4) is 0 Å². The monoisotopic (exact) mass is 570 g/mol. The van der Waals surface area contributed by atoms with E-state index in [1.807, 2.05) is 12.1 Å². The summed E-state index contributed by atoms with van der Waals surface area (Å²) in [6.45, 7) is 7.47. The zero-order valence-corrected chi connectivity index (χ0v) is 23.9. The molecule has 0 saturated carbocycles. The van der Waals surface area contributed by atoms with Gasteiger partial charge in [0.15, 0.2) is 5.78 Å². The number of nitrogens with two attached hydrogens (primary N) is 1. The number of Topliss-reactive ketones (excluding diaryl/α,β-unsaturated/α-hetero) is 1. The van der Waals surface area contributed by atoms with Gasteiger partial charge >= 0.3 is 0 Å². The Morgan fingerprint density at radius 2 is 1.47 bits per heavy atom. The molecule has 36 heavy (non-hydrogen) atoms. The first-order chi connectivity index (χ1) is 16.7. The van der Waals surface area contributed by atoms with Gasteiger partial charge in [0.1, 0.15) is 5.82 Å². The Balaban J connectivity index is 0.00000361. The smallest absolute Gasteiger partial charge is 0.261 e. The van der Waals surface area contributed by atoms with Gasteiger partial charge in [-0.1, -0.05) is 81.4 Å². The predicted molar refractivity (Wildman–Crippen MR) is 152 cm³/mol. The summed E-state index contributed by atoms with van der Waals surface area (Å²) in [6.07, 6.45) is 1.48. The summed E-state index contributed by atoms with van der Waals surface area (Å²) in [5, 5.41) is 2.34. The van der Waals surface area contributed by atoms with Crippen LogP contribution in [0.25, 0.3) is 0 Å². The molecule has 1 saturated heterocycles. The largest absolute Gasteiger partial charge is 0.406 e. The minimum Gasteiger partial charge on any atom is -0.406 e. The van der Waals surface area contributed by atoms with Crippen molar-refractivity contribution in [1.29, 1.82) is 0 Å². The van der Waals surface area contributed by atoms with E-state index in [4.69, 9.17) is 10.2 Å². The number of hydrogen-bond donors (Lipinski definition) is 1. The molecule has 7 heteroatoms. The standard InChI is InChI=1S/C29H35FN2O2Si.BrH/c1-29(2,3)35(25-10-6-4-7-11-25,26-12-8-5-9-13-26)34-21-24-18-19-28(31)32(24)20-27(33)22-14-16-23(30)17-15-22;/h4-17,24,28H,18-21,31H2,1-3H3;1H/t24?,28-;/m1./s1. The second kappa shape index (κ2) is 11.9. The number of carbonyl (C=O) groups is 1. The van der Waals surface area contributed by atoms with Crippen LogP contribution < -0.4 is 16.1 Å². The van der Waals surface area contributed by atoms with Crippen LogP contribution in [0.1, 0.15) is 44.0 Å². The van der Waals surface area contributed by atoms with Crippen LogP contribution in [0.4, 0.5) is 4.39 Å². The predicted octanol–water partition coefficient (Wildman–Crippen LogP) is 4.91. The first-order valence-corrected chi connectivity index (χ1v) is 14.2. The van der Waals surface area contributed by atoms with Crippen molar-refractivity contribution >= 4 is 41.5 Å². The Labute approximate surface area is 225 Å². The van der Waals surface area contributed by atoms with Gasteiger partial charge in [-0.25, -0.2) is 4.39 Å². The van der Waals surface area contributed by atoms with Gasteiger partial charge in [-0.2, -0.15) is 0 Å². The summed E-state index contributed by atoms with van der Waals surface area (Å²) >= 11 is 0. The van der Waals surface area contributed by atoms with Crippen molar-refractivity contribution in [1.82, 2.24) is 4.90 Å². The molecule has 0 amide bonds. The minimum atomic E-state index is -2.67. The SMILES string of the molecule is Br.CC(C)(C)[Si](OCC1CC[C@H](N)N1CC(=O)c1ccc(F)cc1)(c1ccccc1)c1ccccc1. The fourth-order valence-corrected chi connectivity index (χ4v) is 9.86. The number of nitrogens with zero attached hydrogens (tertiary/aromatic N) is 1. The van der Waals surface area contributed by atoms with E-state index in [1.54, 1.807) is 0 Å². The molecule has 0 bridgehead atoms. The van der Waals surface area contributed by atoms with Gasteiger partial charge in [-0.15, -0.1) is 17.0 Å². The molecule has 0 radical (unpaired) electrons. The molecule has 2 N–H and O–H groups in total. The van der Waals surface area contributed by atoms with Crippen molar-refractivity contribution in [3.05, 3.63) is 96.3 Å². The zero-order chi connectivity index (χ0) is 25.1. The molecule has 3 aromatic rings. The maximum absolute atomic E-state index is 13.3. The highest BCUT2D eigenvalue weighted by molar-refractivity contribution is 8.93. The van der Waals surface area contributed by atoms with Crippen LogP contribution in [-0.2, 0) is 4.43 Å². The summed E-state index contributed by atoms with van der Waals surface area (Å²) < 4.78 is 20.4. The second-order valence-corrected chi connectivity index (χ2v) is 14.7. The number of halogens is 2. The molecular weight excluding hydrogens is 535 g/mol. The number of benzene rings is 3. The van der Waals surface area contributed by atoms with Gasteiger partial charge < -0.3 is 10.2 Å². The number of carbonyl (C=O) groups excluding carboxylic acids is 1. The average Bonchev–Trinajstić information content (AvgIpc) is 3.19. The summed E-state index contributed by atoms with van der Waals surface area (Å²) in [4.78, 5) is 15.0. The lowest BCUT2D eigenvalue weighted by molar-refractivity contribution is 0.0839. The molecule has 4 nitrogen and oxygen atoms in total. The van der Waals surface area contributed by atoms with Gasteiger partial charge in [0.25, 0.3) is 8.32 Å². The van der Waals surface area contributed by atoms with Crippen LogP contribution >= 0.6 is 17.0 Å². The molecular formula is C29H36BrFN2O2Si. The van der Waals surface area contributed by atoms with Gasteiger partial charge in [-0.3, -0.25) is 9.69 Å². The minimum absolute atomic E-state index is 0. The molecule has 4 rings (SSSR count). The summed E-state index contributed by atoms with van der Waals surface area (Å²) in [5.41, 5.74) is 6.93. The van der Waals surface area contributed by atoms with Crippen molar-refractivity contribution in [2.45, 2.75) is 50.9 Å². The first-order valence-electron chi connectivity index (χ1n) is 12.3. The molecule has 192 valence electrons. The van der Waals surface area contributed by atoms with E-state index in [1.165, 1.54) is 34.6 Å². The van der Waals surface area contributed by atoms with E-state index in [0.29, 0.717) is 12.2 Å². The Morgan fingerprint density at radius 1 is 0.944 bits per heavy atom. The summed E-state index contributed by atoms with van der Waals surface area (Å²) in [7, 11) is -2.67. The molecule has 1 heterocycles. The lowest BCUT2D eigenvalue weighted by Gasteiger charge is -2.44. The fourth-order valence-electron chi connectivity index (χ4n) is 5.27. The average molecular weight is 572 g/mol. The van der Waals surface area contributed by atoms with Crippen LogP contribution in [-0.4, -0.2) is 44.4 Å². The third-order valence-electron chi connectivity index (χ3n) is 7.09. The molecule has 1 aliphatic rings. The highest BCUT2D eigenvalue weighted by Crippen LogP contribution is 2.37. The van der Waals surface area contributed by atoms with E-state index in [-0.39, 0.29) is 52.4 Å². The maximum atomic E-state index is 13.3. The van der Waals surface area contributed by atoms with Gasteiger partial charge in [0, 0.05) is 11.6 Å². The quantitative estimate of drug-likeness (QED) is 0.309. The van der Waals surface area contributed by atoms with Crippen molar-refractivity contribution in [2.24, 2.45) is 5.73 Å². The number of ketones is 1. The molecule has 0 aliphatic carbocycles. The van der Waals surface area contributed by atoms with Crippen molar-refractivity contribution in [3.8, 4) is 0 Å². The lowest BCUT2D eigenvalue weighted by atomic mass is 10.1. The maximum Gasteiger partial charge on any atom is 0.261 e. The Bertz CT molecular complexity index is 1080. The van der Waals surface area contributed by atoms with Crippen LogP contribution in [0.15, 0.2) is 84.9 Å². The molecule has 0 spiro atoms. The van der Waals surface area contributed by atoms with E-state index < -0.39 is 8.32 Å². The molecule has 2 atom stereocenters. The zero-order valence-electron chi connectivity index (χ0n) is 21.2. The van der Waals surface area contributed by atoms with E-state index in [2.05, 4.69) is 74.2 Å². The highest BCUT2D eigenvalue weighted by atomic mass is 79.9. The van der Waals surface area contributed by atoms with Gasteiger partial charge in [0.2, 0.25) is 0 Å². The van der Waals surface area contributed by atoms with E-state index >= 15 is 0 Å². The lowest BCUT2D eigenvalue weighted by Crippen LogP contribution is -2.67. The van der Waals surface area contributed by atoms with E-state index in [0.717, 1.165) is 12.8 Å². The van der Waals surface area contributed by atoms with Crippen LogP contribution in [0.5, 0.6) is 0 Å². The van der Waals surface area contributed by atoms with E-state index in [9.17, 15) is 9.18 Å². The van der Waals surface area contributed by atoms with Crippen LogP contribution in [0.2, 0.25) is 5.04 Å². The molecule has 1 unspecified atom stereocenters. The Morgan fingerprint density at radius 3 is 1.97 bits per heavy atom. The first kappa shape index (κ1) is 28.4. The Hall–Kier alpha value is -2.16. The van der Waals surface area contributed by atoms with Crippen molar-refractivity contribution in [2.75, 3.05) is 13.2 Å². The van der Waals surface area contributed by atoms with Gasteiger partial charge in [-0.05, 0) is 52.5 Å². The third-order valence-corrected chi connectivity index (χ3v) is 12.1. The molecule has 0 aromatic heterocycles. The normalized spacial score (nSPS) is 18.6.